The van der Waals surface area contributed by atoms with Crippen LogP contribution in [0, 0.1) is 0 Å². The summed E-state index contributed by atoms with van der Waals surface area (Å²) in [6, 6.07) is 3.21. The van der Waals surface area contributed by atoms with Gasteiger partial charge in [0.05, 0.1) is 8.07 Å². The lowest BCUT2D eigenvalue weighted by Crippen LogP contribution is -2.76. The van der Waals surface area contributed by atoms with E-state index in [9.17, 15) is 92.2 Å². The number of nitrogens with zero attached hydrogens (tertiary/aromatic N) is 2. The molecule has 0 atom stereocenters. The van der Waals surface area contributed by atoms with Gasteiger partial charge in [0.2, 0.25) is 0 Å². The third kappa shape index (κ3) is 7.39. The zero-order chi connectivity index (χ0) is 40.3. The smallest absolute Gasteiger partial charge is 0.305 e. The van der Waals surface area contributed by atoms with Crippen LogP contribution in [-0.4, -0.2) is 106 Å². The highest BCUT2D eigenvalue weighted by molar-refractivity contribution is 6.89. The van der Waals surface area contributed by atoms with Crippen molar-refractivity contribution < 1.29 is 92.2 Å². The molecule has 0 heterocycles. The summed E-state index contributed by atoms with van der Waals surface area (Å²) in [4.78, 5) is 3.28. The Bertz CT molecular complexity index is 1310. The fourth-order valence-electron chi connectivity index (χ4n) is 4.43. The first-order valence-corrected chi connectivity index (χ1v) is 16.7. The van der Waals surface area contributed by atoms with Crippen molar-refractivity contribution in [3.63, 3.8) is 0 Å². The Balaban J connectivity index is 3.66. The van der Waals surface area contributed by atoms with Crippen molar-refractivity contribution in [3.8, 4) is 0 Å². The zero-order valence-electron chi connectivity index (χ0n) is 26.4. The minimum absolute atomic E-state index is 0.190. The summed E-state index contributed by atoms with van der Waals surface area (Å²) in [5.41, 5.74) is 1.04. The number of hydrogen-bond donors (Lipinski definition) is 0. The Kier molecular flexibility index (Phi) is 12.3. The second-order valence-electron chi connectivity index (χ2n) is 12.7. The molecule has 0 bridgehead atoms. The molecule has 24 heteroatoms. The second kappa shape index (κ2) is 13.4. The normalized spacial score (nSPS) is 15.8. The van der Waals surface area contributed by atoms with Crippen molar-refractivity contribution in [3.05, 3.63) is 29.3 Å². The molecule has 0 aliphatic rings. The average Bonchev–Trinajstić information content (AvgIpc) is 2.89. The summed E-state index contributed by atoms with van der Waals surface area (Å²) in [7, 11) is 2.88. The SMILES string of the molecule is CN(C)Cc1cc(CN(C)C)cc([Si](C)(C)CCC(F)(F)C(F)(F)C(F)(F)C(F)(F)C(F)(F)C(F)(F)C(F)(F)C(F)(F)C(F)(F)C(F)(F)F)c1. The van der Waals surface area contributed by atoms with Gasteiger partial charge in [-0.3, -0.25) is 0 Å². The molecule has 0 unspecified atom stereocenters. The summed E-state index contributed by atoms with van der Waals surface area (Å²) in [5, 5.41) is 0.190. The van der Waals surface area contributed by atoms with Crippen LogP contribution in [0.1, 0.15) is 17.5 Å². The predicted molar refractivity (Wildman–Crippen MR) is 138 cm³/mol. The fraction of sp³-hybridized carbons (Fsp3) is 0.769. The van der Waals surface area contributed by atoms with E-state index < -0.39 is 80.0 Å². The summed E-state index contributed by atoms with van der Waals surface area (Å²) >= 11 is 0. The van der Waals surface area contributed by atoms with Crippen molar-refractivity contribution in [2.45, 2.75) is 98.1 Å². The number of benzene rings is 1. The molecule has 0 aromatic heterocycles. The number of halogens is 21. The maximum absolute atomic E-state index is 14.7. The topological polar surface area (TPSA) is 6.48 Å². The lowest BCUT2D eigenvalue weighted by atomic mass is 9.86. The van der Waals surface area contributed by atoms with E-state index in [-0.39, 0.29) is 18.3 Å². The Labute approximate surface area is 271 Å². The quantitative estimate of drug-likeness (QED) is 0.122. The molecule has 0 N–H and O–H groups in total. The maximum Gasteiger partial charge on any atom is 0.460 e. The average molecular weight is 797 g/mol. The highest BCUT2D eigenvalue weighted by atomic mass is 28.3. The lowest BCUT2D eigenvalue weighted by Gasteiger charge is -2.44. The van der Waals surface area contributed by atoms with Gasteiger partial charge in [-0.1, -0.05) is 36.5 Å². The first-order valence-electron chi connectivity index (χ1n) is 13.5. The first-order chi connectivity index (χ1) is 21.6. The van der Waals surface area contributed by atoms with Gasteiger partial charge in [-0.05, 0) is 45.4 Å². The van der Waals surface area contributed by atoms with E-state index in [1.165, 1.54) is 25.2 Å². The van der Waals surface area contributed by atoms with E-state index in [2.05, 4.69) is 0 Å². The minimum Gasteiger partial charge on any atom is -0.305 e. The summed E-state index contributed by atoms with van der Waals surface area (Å²) < 4.78 is 288. The first kappa shape index (κ1) is 45.9. The molecule has 0 spiro atoms. The van der Waals surface area contributed by atoms with E-state index in [1.807, 2.05) is 0 Å². The standard InChI is InChI=1S/C26H29F21N2Si/c1-48(2)12-14-9-15(13-49(3)4)11-16(10-14)50(5,6)8-7-17(27,28)18(29,30)19(31,32)20(33,34)21(35,36)22(37,38)23(39,40)24(41,42)25(43,44)26(45,46)47/h9-11H,7-8,12-13H2,1-6H3. The Morgan fingerprint density at radius 2 is 0.720 bits per heavy atom. The van der Waals surface area contributed by atoms with E-state index in [0.29, 0.717) is 11.1 Å². The lowest BCUT2D eigenvalue weighted by molar-refractivity contribution is -0.474. The van der Waals surface area contributed by atoms with Crippen LogP contribution >= 0.6 is 0 Å². The van der Waals surface area contributed by atoms with Gasteiger partial charge in [-0.15, -0.1) is 0 Å². The minimum atomic E-state index is -9.17. The van der Waals surface area contributed by atoms with Crippen molar-refractivity contribution in [1.82, 2.24) is 9.80 Å². The summed E-state index contributed by atoms with van der Waals surface area (Å²) in [6.07, 6.45) is -10.6. The van der Waals surface area contributed by atoms with E-state index in [4.69, 9.17) is 0 Å². The van der Waals surface area contributed by atoms with Crippen molar-refractivity contribution in [2.75, 3.05) is 28.2 Å². The van der Waals surface area contributed by atoms with Crippen LogP contribution in [0.3, 0.4) is 0 Å². The van der Waals surface area contributed by atoms with E-state index in [0.717, 1.165) is 0 Å². The summed E-state index contributed by atoms with van der Waals surface area (Å²) in [6.45, 7) is 2.81. The van der Waals surface area contributed by atoms with Crippen LogP contribution in [-0.2, 0) is 13.1 Å². The second-order valence-corrected chi connectivity index (χ2v) is 17.5. The number of rotatable bonds is 16. The van der Waals surface area contributed by atoms with Crippen LogP contribution in [0.15, 0.2) is 18.2 Å². The molecule has 0 fully saturated rings. The molecule has 0 saturated carbocycles. The van der Waals surface area contributed by atoms with E-state index >= 15 is 0 Å². The van der Waals surface area contributed by atoms with Crippen LogP contribution in [0.2, 0.25) is 19.1 Å². The van der Waals surface area contributed by atoms with Crippen molar-refractivity contribution in [2.24, 2.45) is 0 Å². The van der Waals surface area contributed by atoms with Gasteiger partial charge in [-0.2, -0.15) is 92.2 Å². The Hall–Kier alpha value is -2.11. The third-order valence-electron chi connectivity index (χ3n) is 7.47. The molecule has 1 rings (SSSR count). The van der Waals surface area contributed by atoms with Gasteiger partial charge >= 0.3 is 59.5 Å². The fourth-order valence-corrected chi connectivity index (χ4v) is 6.81. The molecule has 0 radical (unpaired) electrons. The van der Waals surface area contributed by atoms with Crippen LogP contribution in [0.5, 0.6) is 0 Å². The van der Waals surface area contributed by atoms with Crippen LogP contribution in [0.4, 0.5) is 92.2 Å². The van der Waals surface area contributed by atoms with Gasteiger partial charge in [-0.25, -0.2) is 0 Å². The molecular formula is C26H29F21N2Si. The van der Waals surface area contributed by atoms with Crippen LogP contribution in [0.25, 0.3) is 0 Å². The molecule has 50 heavy (non-hydrogen) atoms. The molecule has 0 amide bonds. The van der Waals surface area contributed by atoms with E-state index in [1.54, 1.807) is 44.1 Å². The highest BCUT2D eigenvalue weighted by Gasteiger charge is 2.97. The highest BCUT2D eigenvalue weighted by Crippen LogP contribution is 2.66. The van der Waals surface area contributed by atoms with Gasteiger partial charge in [0, 0.05) is 19.5 Å². The Morgan fingerprint density at radius 3 is 1.00 bits per heavy atom. The monoisotopic (exact) mass is 796 g/mol. The summed E-state index contributed by atoms with van der Waals surface area (Å²) in [5.74, 6) is -76.8. The largest absolute Gasteiger partial charge is 0.460 e. The molecule has 1 aromatic carbocycles. The van der Waals surface area contributed by atoms with Crippen molar-refractivity contribution >= 4 is 13.3 Å². The molecule has 294 valence electrons. The third-order valence-corrected chi connectivity index (χ3v) is 10.8. The molecule has 0 aliphatic heterocycles. The molecule has 2 nitrogen and oxygen atoms in total. The van der Waals surface area contributed by atoms with Gasteiger partial charge in [0.15, 0.2) is 0 Å². The molecular weight excluding hydrogens is 767 g/mol. The molecule has 0 saturated heterocycles. The van der Waals surface area contributed by atoms with Gasteiger partial charge < -0.3 is 9.80 Å². The number of hydrogen-bond acceptors (Lipinski definition) is 2. The maximum atomic E-state index is 14.7. The Morgan fingerprint density at radius 1 is 0.440 bits per heavy atom. The van der Waals surface area contributed by atoms with Crippen molar-refractivity contribution in [1.29, 1.82) is 0 Å². The van der Waals surface area contributed by atoms with Crippen LogP contribution < -0.4 is 5.19 Å². The number of alkyl halides is 21. The molecule has 1 aromatic rings. The molecule has 0 aliphatic carbocycles. The van der Waals surface area contributed by atoms with Gasteiger partial charge in [0.1, 0.15) is 0 Å². The predicted octanol–water partition coefficient (Wildman–Crippen LogP) is 9.40. The zero-order valence-corrected chi connectivity index (χ0v) is 27.4. The van der Waals surface area contributed by atoms with Gasteiger partial charge in [0.25, 0.3) is 0 Å².